The average molecular weight is 300 g/mol. The molecule has 0 N–H and O–H groups in total. The van der Waals surface area contributed by atoms with E-state index >= 15 is 0 Å². The number of carbonyl (C=O) groups is 1. The van der Waals surface area contributed by atoms with Gasteiger partial charge < -0.3 is 4.74 Å². The first-order valence-corrected chi connectivity index (χ1v) is 5.62. The van der Waals surface area contributed by atoms with E-state index in [4.69, 9.17) is 4.74 Å². The molecule has 0 aliphatic heterocycles. The summed E-state index contributed by atoms with van der Waals surface area (Å²) < 4.78 is 5.10. The van der Waals surface area contributed by atoms with Crippen molar-refractivity contribution in [1.82, 2.24) is 0 Å². The van der Waals surface area contributed by atoms with Gasteiger partial charge in [-0.3, -0.25) is 10.1 Å². The van der Waals surface area contributed by atoms with Crippen LogP contribution in [-0.4, -0.2) is 17.5 Å². The Balaban J connectivity index is 2.89. The van der Waals surface area contributed by atoms with Crippen molar-refractivity contribution in [2.75, 3.05) is 6.61 Å². The molecule has 1 rings (SSSR count). The quantitative estimate of drug-likeness (QED) is 0.371. The van der Waals surface area contributed by atoms with Gasteiger partial charge >= 0.3 is 5.97 Å². The first-order chi connectivity index (χ1) is 8.04. The number of esters is 1. The third kappa shape index (κ3) is 3.99. The molecule has 0 radical (unpaired) electrons. The lowest BCUT2D eigenvalue weighted by Crippen LogP contribution is -1.98. The van der Waals surface area contributed by atoms with E-state index in [-0.39, 0.29) is 5.69 Å². The fourth-order valence-corrected chi connectivity index (χ4v) is 1.52. The molecule has 0 bridgehead atoms. The third-order valence-corrected chi connectivity index (χ3v) is 2.54. The Morgan fingerprint density at radius 3 is 2.88 bits per heavy atom. The number of nitro groups is 1. The van der Waals surface area contributed by atoms with Gasteiger partial charge in [-0.1, -0.05) is 6.07 Å². The lowest BCUT2D eigenvalue weighted by atomic mass is 10.2. The van der Waals surface area contributed by atoms with Crippen LogP contribution in [0.2, 0.25) is 0 Å². The largest absolute Gasteiger partial charge is 0.463 e. The van der Waals surface area contributed by atoms with Crippen molar-refractivity contribution in [2.24, 2.45) is 0 Å². The Hall–Kier alpha value is -1.69. The van der Waals surface area contributed by atoms with E-state index < -0.39 is 10.9 Å². The zero-order chi connectivity index (χ0) is 12.8. The first kappa shape index (κ1) is 13.4. The van der Waals surface area contributed by atoms with Crippen molar-refractivity contribution in [1.29, 1.82) is 0 Å². The summed E-state index contributed by atoms with van der Waals surface area (Å²) in [6, 6.07) is 4.59. The van der Waals surface area contributed by atoms with Gasteiger partial charge in [0.1, 0.15) is 0 Å². The Bertz CT molecular complexity index is 471. The van der Waals surface area contributed by atoms with Gasteiger partial charge in [-0.15, -0.1) is 0 Å². The number of hydrogen-bond donors (Lipinski definition) is 0. The molecule has 90 valence electrons. The molecule has 0 saturated carbocycles. The highest BCUT2D eigenvalue weighted by Crippen LogP contribution is 2.25. The number of carbonyl (C=O) groups excluding carboxylic acids is 1. The van der Waals surface area contributed by atoms with Gasteiger partial charge in [-0.25, -0.2) is 4.79 Å². The minimum Gasteiger partial charge on any atom is -0.463 e. The summed E-state index contributed by atoms with van der Waals surface area (Å²) in [6.45, 7) is 2.00. The van der Waals surface area contributed by atoms with E-state index in [1.807, 2.05) is 0 Å². The highest BCUT2D eigenvalue weighted by molar-refractivity contribution is 9.10. The van der Waals surface area contributed by atoms with Crippen LogP contribution >= 0.6 is 15.9 Å². The Kier molecular flexibility index (Phi) is 4.84. The van der Waals surface area contributed by atoms with E-state index in [0.717, 1.165) is 0 Å². The maximum Gasteiger partial charge on any atom is 0.330 e. The van der Waals surface area contributed by atoms with Crippen LogP contribution in [0.15, 0.2) is 28.7 Å². The summed E-state index contributed by atoms with van der Waals surface area (Å²) in [5, 5.41) is 10.7. The van der Waals surface area contributed by atoms with Gasteiger partial charge in [0.15, 0.2) is 0 Å². The number of nitro benzene ring substituents is 1. The van der Waals surface area contributed by atoms with Crippen LogP contribution in [0.25, 0.3) is 6.08 Å². The third-order valence-electron chi connectivity index (χ3n) is 1.87. The molecular weight excluding hydrogens is 290 g/mol. The van der Waals surface area contributed by atoms with Crippen molar-refractivity contribution < 1.29 is 14.5 Å². The SMILES string of the molecule is CCOC(=O)C=Cc1ccc(Br)c([N+](=O)[O-])c1. The fraction of sp³-hybridized carbons (Fsp3) is 0.182. The minimum atomic E-state index is -0.494. The predicted octanol–water partition coefficient (Wildman–Crippen LogP) is 2.93. The minimum absolute atomic E-state index is 0.0454. The molecule has 0 aliphatic rings. The molecule has 6 heteroatoms. The molecule has 17 heavy (non-hydrogen) atoms. The summed E-state index contributed by atoms with van der Waals surface area (Å²) in [5.74, 6) is -0.474. The van der Waals surface area contributed by atoms with Crippen LogP contribution in [0.1, 0.15) is 12.5 Å². The highest BCUT2D eigenvalue weighted by atomic mass is 79.9. The molecular formula is C11H10BrNO4. The topological polar surface area (TPSA) is 69.4 Å². The molecule has 0 spiro atoms. The van der Waals surface area contributed by atoms with Crippen LogP contribution in [-0.2, 0) is 9.53 Å². The van der Waals surface area contributed by atoms with E-state index in [9.17, 15) is 14.9 Å². The van der Waals surface area contributed by atoms with Crippen LogP contribution in [0.4, 0.5) is 5.69 Å². The second-order valence-electron chi connectivity index (χ2n) is 3.05. The van der Waals surface area contributed by atoms with Crippen molar-refractivity contribution >= 4 is 33.7 Å². The van der Waals surface area contributed by atoms with Gasteiger partial charge in [0, 0.05) is 12.1 Å². The number of rotatable bonds is 4. The molecule has 0 aromatic heterocycles. The van der Waals surface area contributed by atoms with Crippen LogP contribution in [0.3, 0.4) is 0 Å². The number of halogens is 1. The molecule has 0 unspecified atom stereocenters. The Morgan fingerprint density at radius 2 is 2.29 bits per heavy atom. The molecule has 0 saturated heterocycles. The predicted molar refractivity (Wildman–Crippen MR) is 66.5 cm³/mol. The fourth-order valence-electron chi connectivity index (χ4n) is 1.13. The first-order valence-electron chi connectivity index (χ1n) is 4.83. The lowest BCUT2D eigenvalue weighted by molar-refractivity contribution is -0.385. The molecule has 1 aromatic rings. The summed E-state index contributed by atoms with van der Waals surface area (Å²) in [5.41, 5.74) is 0.518. The second kappa shape index (κ2) is 6.15. The number of benzene rings is 1. The van der Waals surface area contributed by atoms with Gasteiger partial charge in [0.2, 0.25) is 0 Å². The van der Waals surface area contributed by atoms with Crippen LogP contribution < -0.4 is 0 Å². The highest BCUT2D eigenvalue weighted by Gasteiger charge is 2.11. The smallest absolute Gasteiger partial charge is 0.330 e. The molecule has 0 heterocycles. The summed E-state index contributed by atoms with van der Waals surface area (Å²) in [7, 11) is 0. The van der Waals surface area contributed by atoms with Crippen molar-refractivity contribution in [3.8, 4) is 0 Å². The van der Waals surface area contributed by atoms with Crippen LogP contribution in [0, 0.1) is 10.1 Å². The van der Waals surface area contributed by atoms with Crippen molar-refractivity contribution in [3.05, 3.63) is 44.4 Å². The average Bonchev–Trinajstić information content (AvgIpc) is 2.28. The number of nitrogens with zero attached hydrogens (tertiary/aromatic N) is 1. The monoisotopic (exact) mass is 299 g/mol. The van der Waals surface area contributed by atoms with Gasteiger partial charge in [0.25, 0.3) is 5.69 Å². The second-order valence-corrected chi connectivity index (χ2v) is 3.91. The molecule has 0 fully saturated rings. The molecule has 0 atom stereocenters. The van der Waals surface area contributed by atoms with Crippen molar-refractivity contribution in [2.45, 2.75) is 6.92 Å². The number of hydrogen-bond acceptors (Lipinski definition) is 4. The summed E-state index contributed by atoms with van der Waals surface area (Å²) >= 11 is 3.08. The number of ether oxygens (including phenoxy) is 1. The normalized spacial score (nSPS) is 10.5. The summed E-state index contributed by atoms with van der Waals surface area (Å²) in [6.07, 6.45) is 2.70. The maximum atomic E-state index is 11.0. The van der Waals surface area contributed by atoms with E-state index in [1.54, 1.807) is 19.1 Å². The molecule has 1 aromatic carbocycles. The Morgan fingerprint density at radius 1 is 1.59 bits per heavy atom. The van der Waals surface area contributed by atoms with Gasteiger partial charge in [-0.2, -0.15) is 0 Å². The zero-order valence-corrected chi connectivity index (χ0v) is 10.6. The van der Waals surface area contributed by atoms with Gasteiger partial charge in [0.05, 0.1) is 16.0 Å². The van der Waals surface area contributed by atoms with E-state index in [0.29, 0.717) is 16.6 Å². The van der Waals surface area contributed by atoms with Gasteiger partial charge in [-0.05, 0) is 40.6 Å². The maximum absolute atomic E-state index is 11.0. The van der Waals surface area contributed by atoms with Crippen molar-refractivity contribution in [3.63, 3.8) is 0 Å². The zero-order valence-electron chi connectivity index (χ0n) is 9.05. The molecule has 0 amide bonds. The van der Waals surface area contributed by atoms with E-state index in [1.165, 1.54) is 18.2 Å². The lowest BCUT2D eigenvalue weighted by Gasteiger charge is -1.98. The standard InChI is InChI=1S/C11H10BrNO4/c1-2-17-11(14)6-4-8-3-5-9(12)10(7-8)13(15)16/h3-7H,2H2,1H3. The van der Waals surface area contributed by atoms with Crippen LogP contribution in [0.5, 0.6) is 0 Å². The molecule has 5 nitrogen and oxygen atoms in total. The van der Waals surface area contributed by atoms with E-state index in [2.05, 4.69) is 15.9 Å². The Labute approximate surface area is 106 Å². The summed E-state index contributed by atoms with van der Waals surface area (Å²) in [4.78, 5) is 21.2. The molecule has 0 aliphatic carbocycles.